The molecular formula is C13H19N2O. The summed E-state index contributed by atoms with van der Waals surface area (Å²) < 4.78 is 5.58. The van der Waals surface area contributed by atoms with E-state index in [-0.39, 0.29) is 0 Å². The van der Waals surface area contributed by atoms with Crippen molar-refractivity contribution in [2.45, 2.75) is 19.3 Å². The van der Waals surface area contributed by atoms with Gasteiger partial charge in [-0.3, -0.25) is 0 Å². The average molecular weight is 219 g/mol. The molecule has 2 heterocycles. The highest BCUT2D eigenvalue weighted by Gasteiger charge is 2.16. The fraction of sp³-hybridized carbons (Fsp3) is 0.615. The van der Waals surface area contributed by atoms with Crippen LogP contribution in [0.2, 0.25) is 0 Å². The third-order valence-corrected chi connectivity index (χ3v) is 3.19. The Labute approximate surface area is 97.4 Å². The van der Waals surface area contributed by atoms with Gasteiger partial charge in [-0.2, -0.15) is 0 Å². The van der Waals surface area contributed by atoms with Gasteiger partial charge in [0.15, 0.2) is 0 Å². The van der Waals surface area contributed by atoms with Crippen molar-refractivity contribution >= 4 is 0 Å². The summed E-state index contributed by atoms with van der Waals surface area (Å²) in [5.41, 5.74) is 0. The van der Waals surface area contributed by atoms with Crippen molar-refractivity contribution in [3.8, 4) is 5.88 Å². The van der Waals surface area contributed by atoms with E-state index in [1.165, 1.54) is 25.9 Å². The molecule has 0 N–H and O–H groups in total. The lowest BCUT2D eigenvalue weighted by Gasteiger charge is -2.28. The number of pyridine rings is 1. The maximum Gasteiger partial charge on any atom is 0.213 e. The average Bonchev–Trinajstić information content (AvgIpc) is 2.33. The van der Waals surface area contributed by atoms with Crippen LogP contribution in [0.1, 0.15) is 19.3 Å². The molecule has 16 heavy (non-hydrogen) atoms. The van der Waals surface area contributed by atoms with Gasteiger partial charge in [-0.25, -0.2) is 4.98 Å². The van der Waals surface area contributed by atoms with Gasteiger partial charge in [0.2, 0.25) is 5.88 Å². The molecule has 0 aliphatic carbocycles. The van der Waals surface area contributed by atoms with Gasteiger partial charge in [0, 0.05) is 12.3 Å². The van der Waals surface area contributed by atoms with Crippen LogP contribution in [-0.2, 0) is 0 Å². The minimum atomic E-state index is 0.690. The fourth-order valence-electron chi connectivity index (χ4n) is 2.07. The lowest BCUT2D eigenvalue weighted by Crippen LogP contribution is -2.30. The van der Waals surface area contributed by atoms with E-state index in [0.717, 1.165) is 18.9 Å². The van der Waals surface area contributed by atoms with Crippen LogP contribution in [0.25, 0.3) is 0 Å². The summed E-state index contributed by atoms with van der Waals surface area (Å²) in [4.78, 5) is 6.51. The zero-order valence-electron chi connectivity index (χ0n) is 9.85. The minimum absolute atomic E-state index is 0.690. The summed E-state index contributed by atoms with van der Waals surface area (Å²) in [5, 5.41) is 0. The van der Waals surface area contributed by atoms with Gasteiger partial charge in [-0.1, -0.05) is 0 Å². The minimum Gasteiger partial charge on any atom is -0.478 e. The van der Waals surface area contributed by atoms with Gasteiger partial charge in [-0.05, 0) is 57.5 Å². The Bertz CT molecular complexity index is 294. The smallest absolute Gasteiger partial charge is 0.213 e. The second kappa shape index (κ2) is 5.85. The molecule has 0 atom stereocenters. The van der Waals surface area contributed by atoms with Crippen LogP contribution in [0.5, 0.6) is 5.88 Å². The third kappa shape index (κ3) is 3.49. The van der Waals surface area contributed by atoms with E-state index in [0.29, 0.717) is 5.88 Å². The quantitative estimate of drug-likeness (QED) is 0.774. The molecule has 3 nitrogen and oxygen atoms in total. The zero-order valence-corrected chi connectivity index (χ0v) is 9.85. The molecule has 1 fully saturated rings. The van der Waals surface area contributed by atoms with E-state index in [9.17, 15) is 0 Å². The van der Waals surface area contributed by atoms with E-state index in [1.54, 1.807) is 18.3 Å². The summed E-state index contributed by atoms with van der Waals surface area (Å²) in [6.45, 7) is 3.23. The van der Waals surface area contributed by atoms with Crippen molar-refractivity contribution in [3.63, 3.8) is 0 Å². The molecule has 1 radical (unpaired) electrons. The van der Waals surface area contributed by atoms with Crippen LogP contribution in [0.4, 0.5) is 0 Å². The number of rotatable bonds is 4. The molecular weight excluding hydrogens is 200 g/mol. The van der Waals surface area contributed by atoms with Crippen LogP contribution < -0.4 is 4.74 Å². The standard InChI is InChI=1S/C13H19N2O/c1-15-9-5-12(6-10-15)7-11-16-13-4-2-3-8-14-13/h3-4,8,12H,5-7,9-11H2,1H3. The normalized spacial score (nSPS) is 18.6. The van der Waals surface area contributed by atoms with Crippen LogP contribution in [0.3, 0.4) is 0 Å². The molecule has 1 aromatic heterocycles. The summed E-state index contributed by atoms with van der Waals surface area (Å²) in [5.74, 6) is 1.51. The molecule has 0 saturated carbocycles. The van der Waals surface area contributed by atoms with E-state index in [4.69, 9.17) is 4.74 Å². The fourth-order valence-corrected chi connectivity index (χ4v) is 2.07. The zero-order chi connectivity index (χ0) is 11.2. The van der Waals surface area contributed by atoms with E-state index >= 15 is 0 Å². The molecule has 1 saturated heterocycles. The molecule has 87 valence electrons. The molecule has 1 aliphatic rings. The van der Waals surface area contributed by atoms with Crippen molar-refractivity contribution in [2.75, 3.05) is 26.7 Å². The first-order valence-electron chi connectivity index (χ1n) is 5.98. The molecule has 1 aliphatic heterocycles. The number of likely N-dealkylation sites (tertiary alicyclic amines) is 1. The maximum absolute atomic E-state index is 5.58. The van der Waals surface area contributed by atoms with E-state index in [2.05, 4.69) is 23.0 Å². The van der Waals surface area contributed by atoms with Crippen LogP contribution in [0.15, 0.2) is 18.3 Å². The van der Waals surface area contributed by atoms with Gasteiger partial charge < -0.3 is 9.64 Å². The number of aromatic nitrogens is 1. The van der Waals surface area contributed by atoms with Crippen molar-refractivity contribution in [1.82, 2.24) is 9.88 Å². The topological polar surface area (TPSA) is 25.4 Å². The second-order valence-electron chi connectivity index (χ2n) is 4.48. The van der Waals surface area contributed by atoms with Crippen LogP contribution >= 0.6 is 0 Å². The second-order valence-corrected chi connectivity index (χ2v) is 4.48. The Morgan fingerprint density at radius 2 is 2.31 bits per heavy atom. The monoisotopic (exact) mass is 219 g/mol. The van der Waals surface area contributed by atoms with Crippen LogP contribution in [-0.4, -0.2) is 36.6 Å². The third-order valence-electron chi connectivity index (χ3n) is 3.19. The van der Waals surface area contributed by atoms with Crippen LogP contribution in [0, 0.1) is 12.0 Å². The van der Waals surface area contributed by atoms with Gasteiger partial charge in [0.05, 0.1) is 6.61 Å². The Balaban J connectivity index is 1.65. The van der Waals surface area contributed by atoms with Crippen molar-refractivity contribution in [1.29, 1.82) is 0 Å². The molecule has 0 unspecified atom stereocenters. The van der Waals surface area contributed by atoms with Crippen molar-refractivity contribution in [3.05, 3.63) is 24.4 Å². The highest BCUT2D eigenvalue weighted by molar-refractivity contribution is 5.07. The summed E-state index contributed by atoms with van der Waals surface area (Å²) in [6.07, 6.45) is 5.46. The van der Waals surface area contributed by atoms with Gasteiger partial charge in [-0.15, -0.1) is 0 Å². The van der Waals surface area contributed by atoms with Gasteiger partial charge >= 0.3 is 0 Å². The lowest BCUT2D eigenvalue weighted by atomic mass is 9.94. The first kappa shape index (κ1) is 11.4. The SMILES string of the molecule is CN1CCC(CCOc2c[c]ccn2)CC1. The molecule has 2 rings (SSSR count). The summed E-state index contributed by atoms with van der Waals surface area (Å²) >= 11 is 0. The summed E-state index contributed by atoms with van der Waals surface area (Å²) in [7, 11) is 2.19. The molecule has 3 heteroatoms. The lowest BCUT2D eigenvalue weighted by molar-refractivity contribution is 0.185. The number of hydrogen-bond donors (Lipinski definition) is 0. The predicted octanol–water partition coefficient (Wildman–Crippen LogP) is 1.99. The maximum atomic E-state index is 5.58. The predicted molar refractivity (Wildman–Crippen MR) is 63.4 cm³/mol. The molecule has 1 aromatic rings. The molecule has 0 amide bonds. The Morgan fingerprint density at radius 3 is 3.00 bits per heavy atom. The Morgan fingerprint density at radius 1 is 1.50 bits per heavy atom. The van der Waals surface area contributed by atoms with Crippen molar-refractivity contribution < 1.29 is 4.74 Å². The number of nitrogens with zero attached hydrogens (tertiary/aromatic N) is 2. The number of hydrogen-bond acceptors (Lipinski definition) is 3. The van der Waals surface area contributed by atoms with Gasteiger partial charge in [0.1, 0.15) is 0 Å². The number of ether oxygens (including phenoxy) is 1. The van der Waals surface area contributed by atoms with E-state index < -0.39 is 0 Å². The van der Waals surface area contributed by atoms with E-state index in [1.807, 2.05) is 0 Å². The first-order valence-corrected chi connectivity index (χ1v) is 5.98. The number of piperidine rings is 1. The molecule has 0 aromatic carbocycles. The van der Waals surface area contributed by atoms with Crippen molar-refractivity contribution in [2.24, 2.45) is 5.92 Å². The first-order chi connectivity index (χ1) is 7.84. The highest BCUT2D eigenvalue weighted by atomic mass is 16.5. The Kier molecular flexibility index (Phi) is 4.17. The summed E-state index contributed by atoms with van der Waals surface area (Å²) in [6, 6.07) is 6.53. The Hall–Kier alpha value is -1.09. The highest BCUT2D eigenvalue weighted by Crippen LogP contribution is 2.19. The largest absolute Gasteiger partial charge is 0.478 e. The molecule has 0 spiro atoms. The molecule has 0 bridgehead atoms. The van der Waals surface area contributed by atoms with Gasteiger partial charge in [0.25, 0.3) is 0 Å².